The van der Waals surface area contributed by atoms with Crippen molar-refractivity contribution in [3.05, 3.63) is 6.92 Å². The van der Waals surface area contributed by atoms with Crippen LogP contribution < -0.4 is 0 Å². The van der Waals surface area contributed by atoms with E-state index in [-0.39, 0.29) is 0 Å². The van der Waals surface area contributed by atoms with Crippen molar-refractivity contribution in [1.29, 1.82) is 0 Å². The first kappa shape index (κ1) is 9.14. The molecule has 0 rings (SSSR count). The molecule has 0 heterocycles. The minimum absolute atomic E-state index is 0.756. The summed E-state index contributed by atoms with van der Waals surface area (Å²) in [6.07, 6.45) is 0. The highest BCUT2D eigenvalue weighted by atomic mass is 28.3. The van der Waals surface area contributed by atoms with Gasteiger partial charge in [-0.1, -0.05) is 6.92 Å². The predicted molar refractivity (Wildman–Crippen MR) is 40.6 cm³/mol. The lowest BCUT2D eigenvalue weighted by molar-refractivity contribution is 0.216. The molecule has 0 fully saturated rings. The normalized spacial score (nSPS) is 10.7. The van der Waals surface area contributed by atoms with Crippen molar-refractivity contribution in [1.82, 2.24) is 0 Å². The summed E-state index contributed by atoms with van der Waals surface area (Å²) in [7, 11) is -1.32. The molecule has 0 spiro atoms. The fourth-order valence-corrected chi connectivity index (χ4v) is 1.76. The Kier molecular flexibility index (Phi) is 6.35. The molecule has 0 aliphatic rings. The number of hydrogen-bond donors (Lipinski definition) is 0. The first-order valence-corrected chi connectivity index (χ1v) is 5.13. The van der Waals surface area contributed by atoms with Crippen molar-refractivity contribution in [3.63, 3.8) is 0 Å². The monoisotopic (exact) mass is 147 g/mol. The molecule has 0 atom stereocenters. The molecule has 9 heavy (non-hydrogen) atoms. The van der Waals surface area contributed by atoms with Gasteiger partial charge in [0.15, 0.2) is 0 Å². The fourth-order valence-electron chi connectivity index (χ4n) is 0.587. The van der Waals surface area contributed by atoms with Crippen LogP contribution in [0.1, 0.15) is 13.8 Å². The summed E-state index contributed by atoms with van der Waals surface area (Å²) in [6.45, 7) is 9.21. The summed E-state index contributed by atoms with van der Waals surface area (Å²) in [5, 5.41) is 0. The van der Waals surface area contributed by atoms with E-state index in [1.807, 2.05) is 13.8 Å². The molecule has 1 radical (unpaired) electrons. The molecule has 0 aromatic heterocycles. The van der Waals surface area contributed by atoms with Gasteiger partial charge in [0.2, 0.25) is 0 Å². The molecule has 0 aromatic rings. The summed E-state index contributed by atoms with van der Waals surface area (Å²) in [4.78, 5) is 0. The van der Waals surface area contributed by atoms with Gasteiger partial charge in [-0.15, -0.1) is 0 Å². The highest BCUT2D eigenvalue weighted by Gasteiger charge is 2.06. The zero-order chi connectivity index (χ0) is 7.11. The van der Waals surface area contributed by atoms with Crippen LogP contribution in [0.15, 0.2) is 0 Å². The Labute approximate surface area is 59.0 Å². The van der Waals surface area contributed by atoms with Gasteiger partial charge in [0.05, 0.1) is 0 Å². The molecule has 0 aromatic carbocycles. The smallest absolute Gasteiger partial charge is 0.321 e. The Morgan fingerprint density at radius 3 is 1.89 bits per heavy atom. The molecule has 0 aliphatic heterocycles. The lowest BCUT2D eigenvalue weighted by Crippen LogP contribution is -2.21. The Balaban J connectivity index is 3.18. The van der Waals surface area contributed by atoms with Crippen molar-refractivity contribution in [2.75, 3.05) is 13.2 Å². The van der Waals surface area contributed by atoms with Crippen molar-refractivity contribution < 1.29 is 8.85 Å². The van der Waals surface area contributed by atoms with E-state index < -0.39 is 9.28 Å². The third-order valence-electron chi connectivity index (χ3n) is 0.941. The third-order valence-corrected chi connectivity index (χ3v) is 2.82. The molecule has 55 valence electrons. The van der Waals surface area contributed by atoms with Crippen LogP contribution in [0.2, 0.25) is 6.04 Å². The van der Waals surface area contributed by atoms with Crippen molar-refractivity contribution in [2.24, 2.45) is 0 Å². The van der Waals surface area contributed by atoms with E-state index in [2.05, 4.69) is 6.92 Å². The van der Waals surface area contributed by atoms with Gasteiger partial charge in [0.25, 0.3) is 0 Å². The first-order valence-electron chi connectivity index (χ1n) is 3.37. The Morgan fingerprint density at radius 1 is 1.22 bits per heavy atom. The van der Waals surface area contributed by atoms with Crippen molar-refractivity contribution >= 4 is 9.28 Å². The summed E-state index contributed by atoms with van der Waals surface area (Å²) in [5.74, 6) is 0. The molecule has 0 amide bonds. The summed E-state index contributed by atoms with van der Waals surface area (Å²) >= 11 is 0. The molecular formula is C6H15O2Si. The zero-order valence-electron chi connectivity index (χ0n) is 6.22. The van der Waals surface area contributed by atoms with Crippen LogP contribution in [0.4, 0.5) is 0 Å². The third kappa shape index (κ3) is 4.63. The molecule has 0 saturated carbocycles. The molecule has 2 nitrogen and oxygen atoms in total. The van der Waals surface area contributed by atoms with Crippen LogP contribution in [-0.4, -0.2) is 22.5 Å². The van der Waals surface area contributed by atoms with E-state index >= 15 is 0 Å². The van der Waals surface area contributed by atoms with E-state index in [1.165, 1.54) is 0 Å². The Bertz CT molecular complexity index is 53.0. The Hall–Kier alpha value is 0.137. The minimum Gasteiger partial charge on any atom is -0.397 e. The lowest BCUT2D eigenvalue weighted by Gasteiger charge is -2.11. The van der Waals surface area contributed by atoms with Gasteiger partial charge in [-0.25, -0.2) is 0 Å². The molecule has 0 aliphatic carbocycles. The SMILES string of the molecule is [CH2]C[SiH](OCC)OCC. The second kappa shape index (κ2) is 6.26. The Morgan fingerprint density at radius 2 is 1.67 bits per heavy atom. The quantitative estimate of drug-likeness (QED) is 0.542. The second-order valence-corrected chi connectivity index (χ2v) is 3.73. The summed E-state index contributed by atoms with van der Waals surface area (Å²) in [5.41, 5.74) is 0. The van der Waals surface area contributed by atoms with Crippen LogP contribution in [-0.2, 0) is 8.85 Å². The molecule has 0 bridgehead atoms. The van der Waals surface area contributed by atoms with Crippen molar-refractivity contribution in [3.8, 4) is 0 Å². The van der Waals surface area contributed by atoms with E-state index in [1.54, 1.807) is 0 Å². The van der Waals surface area contributed by atoms with Crippen LogP contribution in [0.3, 0.4) is 0 Å². The lowest BCUT2D eigenvalue weighted by atomic mass is 10.9. The highest BCUT2D eigenvalue weighted by Crippen LogP contribution is 1.94. The average molecular weight is 147 g/mol. The molecule has 0 N–H and O–H groups in total. The second-order valence-electron chi connectivity index (χ2n) is 1.63. The number of rotatable bonds is 5. The maximum absolute atomic E-state index is 5.29. The number of hydrogen-bond acceptors (Lipinski definition) is 2. The van der Waals surface area contributed by atoms with Gasteiger partial charge in [0, 0.05) is 13.2 Å². The van der Waals surface area contributed by atoms with E-state index in [0.717, 1.165) is 19.3 Å². The highest BCUT2D eigenvalue weighted by molar-refractivity contribution is 6.44. The fraction of sp³-hybridized carbons (Fsp3) is 0.833. The molecular weight excluding hydrogens is 132 g/mol. The van der Waals surface area contributed by atoms with Gasteiger partial charge in [0.1, 0.15) is 0 Å². The van der Waals surface area contributed by atoms with Crippen LogP contribution in [0.5, 0.6) is 0 Å². The van der Waals surface area contributed by atoms with Gasteiger partial charge >= 0.3 is 9.28 Å². The topological polar surface area (TPSA) is 18.5 Å². The maximum Gasteiger partial charge on any atom is 0.321 e. The standard InChI is InChI=1S/C6H15O2Si/c1-4-7-9(6-3)8-5-2/h9H,3-6H2,1-2H3. The predicted octanol–water partition coefficient (Wildman–Crippen LogP) is 1.11. The molecule has 0 unspecified atom stereocenters. The van der Waals surface area contributed by atoms with Gasteiger partial charge in [-0.05, 0) is 19.9 Å². The molecule has 0 saturated heterocycles. The van der Waals surface area contributed by atoms with Crippen LogP contribution >= 0.6 is 0 Å². The first-order chi connectivity index (χ1) is 4.35. The van der Waals surface area contributed by atoms with Crippen LogP contribution in [0.25, 0.3) is 0 Å². The largest absolute Gasteiger partial charge is 0.397 e. The van der Waals surface area contributed by atoms with Gasteiger partial charge in [-0.2, -0.15) is 0 Å². The van der Waals surface area contributed by atoms with Gasteiger partial charge < -0.3 is 8.85 Å². The average Bonchev–Trinajstić information content (AvgIpc) is 1.88. The molecule has 3 heteroatoms. The van der Waals surface area contributed by atoms with E-state index in [4.69, 9.17) is 8.85 Å². The minimum atomic E-state index is -1.32. The van der Waals surface area contributed by atoms with E-state index in [9.17, 15) is 0 Å². The van der Waals surface area contributed by atoms with Crippen LogP contribution in [0, 0.1) is 6.92 Å². The summed E-state index contributed by atoms with van der Waals surface area (Å²) < 4.78 is 10.6. The maximum atomic E-state index is 5.29. The van der Waals surface area contributed by atoms with E-state index in [0.29, 0.717) is 0 Å². The summed E-state index contributed by atoms with van der Waals surface area (Å²) in [6, 6.07) is 0.821. The van der Waals surface area contributed by atoms with Gasteiger partial charge in [-0.3, -0.25) is 0 Å². The van der Waals surface area contributed by atoms with Crippen molar-refractivity contribution in [2.45, 2.75) is 19.9 Å². The zero-order valence-corrected chi connectivity index (χ0v) is 7.38.